The molecule has 2 aromatic heterocycles. The minimum atomic E-state index is 0.263. The van der Waals surface area contributed by atoms with Gasteiger partial charge >= 0.3 is 0 Å². The first-order valence-electron chi connectivity index (χ1n) is 5.11. The van der Waals surface area contributed by atoms with Crippen molar-refractivity contribution >= 4 is 23.1 Å². The van der Waals surface area contributed by atoms with Crippen molar-refractivity contribution in [2.45, 2.75) is 13.0 Å². The van der Waals surface area contributed by atoms with E-state index in [9.17, 15) is 0 Å². The van der Waals surface area contributed by atoms with Gasteiger partial charge in [-0.25, -0.2) is 9.97 Å². The lowest BCUT2D eigenvalue weighted by Gasteiger charge is -2.08. The van der Waals surface area contributed by atoms with Crippen LogP contribution in [0.15, 0.2) is 18.7 Å². The van der Waals surface area contributed by atoms with Gasteiger partial charge in [0.1, 0.15) is 12.0 Å². The average Bonchev–Trinajstić information content (AvgIpc) is 2.83. The summed E-state index contributed by atoms with van der Waals surface area (Å²) >= 11 is 5.77. The second-order valence-corrected chi connectivity index (χ2v) is 3.73. The van der Waals surface area contributed by atoms with E-state index in [2.05, 4.69) is 25.6 Å². The standard InChI is InChI=1S/C9H12ClN7/c10-8-7(11)9(14-6-13-8)12-2-1-4-17-5-3-15-16-17/h3,5-6H,1-2,4,11H2,(H,12,13,14). The van der Waals surface area contributed by atoms with Crippen molar-refractivity contribution in [3.63, 3.8) is 0 Å². The Morgan fingerprint density at radius 3 is 3.06 bits per heavy atom. The Morgan fingerprint density at radius 2 is 2.29 bits per heavy atom. The van der Waals surface area contributed by atoms with Crippen LogP contribution >= 0.6 is 11.6 Å². The Morgan fingerprint density at radius 1 is 1.41 bits per heavy atom. The number of aryl methyl sites for hydroxylation is 1. The van der Waals surface area contributed by atoms with Gasteiger partial charge in [0, 0.05) is 19.3 Å². The molecule has 0 aliphatic heterocycles. The van der Waals surface area contributed by atoms with Crippen LogP contribution in [-0.4, -0.2) is 31.5 Å². The molecule has 8 heteroatoms. The van der Waals surface area contributed by atoms with E-state index in [1.54, 1.807) is 10.9 Å². The van der Waals surface area contributed by atoms with Crippen LogP contribution in [0.1, 0.15) is 6.42 Å². The molecule has 0 saturated heterocycles. The molecule has 7 nitrogen and oxygen atoms in total. The fourth-order valence-corrected chi connectivity index (χ4v) is 1.45. The number of nitrogen functional groups attached to an aromatic ring is 1. The fourth-order valence-electron chi connectivity index (χ4n) is 1.31. The van der Waals surface area contributed by atoms with Gasteiger partial charge < -0.3 is 11.1 Å². The van der Waals surface area contributed by atoms with Gasteiger partial charge in [-0.3, -0.25) is 4.68 Å². The van der Waals surface area contributed by atoms with Crippen molar-refractivity contribution in [2.75, 3.05) is 17.6 Å². The number of rotatable bonds is 5. The molecule has 0 aromatic carbocycles. The largest absolute Gasteiger partial charge is 0.393 e. The van der Waals surface area contributed by atoms with E-state index in [4.69, 9.17) is 17.3 Å². The third-order valence-corrected chi connectivity index (χ3v) is 2.46. The minimum Gasteiger partial charge on any atom is -0.393 e. The molecule has 0 atom stereocenters. The monoisotopic (exact) mass is 253 g/mol. The van der Waals surface area contributed by atoms with Crippen LogP contribution in [0.5, 0.6) is 0 Å². The van der Waals surface area contributed by atoms with Crippen molar-refractivity contribution in [3.8, 4) is 0 Å². The van der Waals surface area contributed by atoms with Gasteiger partial charge in [-0.1, -0.05) is 16.8 Å². The third kappa shape index (κ3) is 3.04. The third-order valence-electron chi connectivity index (χ3n) is 2.16. The van der Waals surface area contributed by atoms with Crippen LogP contribution in [0.4, 0.5) is 11.5 Å². The van der Waals surface area contributed by atoms with Gasteiger partial charge in [0.05, 0.1) is 6.20 Å². The van der Waals surface area contributed by atoms with E-state index in [1.165, 1.54) is 6.33 Å². The number of hydrogen-bond donors (Lipinski definition) is 2. The van der Waals surface area contributed by atoms with Crippen LogP contribution in [0, 0.1) is 0 Å². The topological polar surface area (TPSA) is 94.5 Å². The maximum atomic E-state index is 5.77. The molecule has 0 radical (unpaired) electrons. The predicted molar refractivity (Wildman–Crippen MR) is 64.6 cm³/mol. The summed E-state index contributed by atoms with van der Waals surface area (Å²) in [4.78, 5) is 7.78. The van der Waals surface area contributed by atoms with Crippen molar-refractivity contribution in [2.24, 2.45) is 0 Å². The van der Waals surface area contributed by atoms with Crippen LogP contribution in [0.2, 0.25) is 5.15 Å². The normalized spacial score (nSPS) is 10.4. The van der Waals surface area contributed by atoms with Crippen LogP contribution in [0.25, 0.3) is 0 Å². The molecule has 0 unspecified atom stereocenters. The number of nitrogens with one attached hydrogen (secondary N) is 1. The lowest BCUT2D eigenvalue weighted by molar-refractivity contribution is 0.569. The molecular formula is C9H12ClN7. The summed E-state index contributed by atoms with van der Waals surface area (Å²) in [6, 6.07) is 0. The molecule has 17 heavy (non-hydrogen) atoms. The van der Waals surface area contributed by atoms with E-state index < -0.39 is 0 Å². The zero-order valence-corrected chi connectivity index (χ0v) is 9.80. The SMILES string of the molecule is Nc1c(Cl)ncnc1NCCCn1ccnn1. The van der Waals surface area contributed by atoms with E-state index in [0.29, 0.717) is 11.5 Å². The molecule has 2 aromatic rings. The van der Waals surface area contributed by atoms with Crippen LogP contribution in [0.3, 0.4) is 0 Å². The second-order valence-electron chi connectivity index (χ2n) is 3.37. The van der Waals surface area contributed by atoms with E-state index >= 15 is 0 Å². The number of halogens is 1. The van der Waals surface area contributed by atoms with Gasteiger partial charge in [0.25, 0.3) is 0 Å². The molecule has 0 amide bonds. The smallest absolute Gasteiger partial charge is 0.157 e. The number of nitrogens with two attached hydrogens (primary N) is 1. The first kappa shape index (κ1) is 11.6. The molecule has 0 fully saturated rings. The van der Waals surface area contributed by atoms with Crippen LogP contribution in [-0.2, 0) is 6.54 Å². The predicted octanol–water partition coefficient (Wildman–Crippen LogP) is 0.806. The summed E-state index contributed by atoms with van der Waals surface area (Å²) in [5.74, 6) is 0.559. The maximum Gasteiger partial charge on any atom is 0.157 e. The molecule has 3 N–H and O–H groups in total. The summed E-state index contributed by atoms with van der Waals surface area (Å²) in [6.45, 7) is 1.50. The highest BCUT2D eigenvalue weighted by molar-refractivity contribution is 6.32. The highest BCUT2D eigenvalue weighted by Crippen LogP contribution is 2.21. The highest BCUT2D eigenvalue weighted by Gasteiger charge is 2.04. The van der Waals surface area contributed by atoms with Crippen molar-refractivity contribution < 1.29 is 0 Å². The Bertz CT molecular complexity index is 470. The van der Waals surface area contributed by atoms with E-state index in [1.807, 2.05) is 6.20 Å². The Kier molecular flexibility index (Phi) is 3.71. The molecule has 0 aliphatic carbocycles. The molecule has 0 saturated carbocycles. The van der Waals surface area contributed by atoms with Gasteiger partial charge in [-0.15, -0.1) is 5.10 Å². The Hall–Kier alpha value is -1.89. The molecule has 0 spiro atoms. The summed E-state index contributed by atoms with van der Waals surface area (Å²) in [6.07, 6.45) is 5.72. The summed E-state index contributed by atoms with van der Waals surface area (Å²) in [5.41, 5.74) is 6.08. The van der Waals surface area contributed by atoms with Gasteiger partial charge in [-0.2, -0.15) is 0 Å². The van der Waals surface area contributed by atoms with E-state index in [-0.39, 0.29) is 5.15 Å². The quantitative estimate of drug-likeness (QED) is 0.605. The highest BCUT2D eigenvalue weighted by atomic mass is 35.5. The summed E-state index contributed by atoms with van der Waals surface area (Å²) in [5, 5.41) is 10.9. The number of anilines is 2. The molecular weight excluding hydrogens is 242 g/mol. The van der Waals surface area contributed by atoms with Gasteiger partial charge in [0.15, 0.2) is 11.0 Å². The van der Waals surface area contributed by atoms with E-state index in [0.717, 1.165) is 19.5 Å². The zero-order valence-electron chi connectivity index (χ0n) is 9.04. The van der Waals surface area contributed by atoms with Crippen molar-refractivity contribution in [1.82, 2.24) is 25.0 Å². The lowest BCUT2D eigenvalue weighted by Crippen LogP contribution is -2.10. The zero-order chi connectivity index (χ0) is 12.1. The van der Waals surface area contributed by atoms with Crippen molar-refractivity contribution in [3.05, 3.63) is 23.9 Å². The van der Waals surface area contributed by atoms with Gasteiger partial charge in [-0.05, 0) is 6.42 Å². The lowest BCUT2D eigenvalue weighted by atomic mass is 10.4. The summed E-state index contributed by atoms with van der Waals surface area (Å²) in [7, 11) is 0. The Labute approximate surface area is 103 Å². The average molecular weight is 254 g/mol. The molecule has 0 bridgehead atoms. The molecule has 2 heterocycles. The molecule has 0 aliphatic rings. The molecule has 90 valence electrons. The number of aromatic nitrogens is 5. The fraction of sp³-hybridized carbons (Fsp3) is 0.333. The summed E-state index contributed by atoms with van der Waals surface area (Å²) < 4.78 is 1.76. The van der Waals surface area contributed by atoms with Crippen molar-refractivity contribution in [1.29, 1.82) is 0 Å². The molecule has 2 rings (SSSR count). The van der Waals surface area contributed by atoms with Crippen LogP contribution < -0.4 is 11.1 Å². The second kappa shape index (κ2) is 5.44. The minimum absolute atomic E-state index is 0.263. The maximum absolute atomic E-state index is 5.77. The number of hydrogen-bond acceptors (Lipinski definition) is 6. The number of nitrogens with zero attached hydrogens (tertiary/aromatic N) is 5. The first-order valence-corrected chi connectivity index (χ1v) is 5.49. The Balaban J connectivity index is 1.80. The first-order chi connectivity index (χ1) is 8.27. The van der Waals surface area contributed by atoms with Gasteiger partial charge in [0.2, 0.25) is 0 Å².